The van der Waals surface area contributed by atoms with Crippen LogP contribution >= 0.6 is 8.69 Å². The smallest absolute Gasteiger partial charge is 0.772 e. The van der Waals surface area contributed by atoms with Crippen molar-refractivity contribution in [2.24, 2.45) is 0 Å². The van der Waals surface area contributed by atoms with Crippen molar-refractivity contribution in [1.82, 2.24) is 0 Å². The number of hydrogen-bond donors (Lipinski definition) is 2. The molecule has 0 saturated heterocycles. The summed E-state index contributed by atoms with van der Waals surface area (Å²) in [6, 6.07) is 0. The van der Waals surface area contributed by atoms with Crippen LogP contribution in [0.25, 0.3) is 0 Å². The SMILES string of the molecule is O=C(O)O.O=P[O-].[Na+]. The van der Waals surface area contributed by atoms with Gasteiger partial charge in [0.05, 0.1) is 8.69 Å². The van der Waals surface area contributed by atoms with Gasteiger partial charge in [0, 0.05) is 0 Å². The molecule has 0 aromatic carbocycles. The second kappa shape index (κ2) is 15.7. The van der Waals surface area contributed by atoms with E-state index in [9.17, 15) is 0 Å². The van der Waals surface area contributed by atoms with Crippen molar-refractivity contribution in [1.29, 1.82) is 0 Å². The number of rotatable bonds is 0. The van der Waals surface area contributed by atoms with Crippen LogP contribution in [0.1, 0.15) is 0 Å². The molecule has 0 rings (SSSR count). The maximum atomic E-state index is 8.56. The van der Waals surface area contributed by atoms with Gasteiger partial charge in [-0.15, -0.1) is 0 Å². The third-order valence-electron chi connectivity index (χ3n) is 0. The van der Waals surface area contributed by atoms with Gasteiger partial charge in [0.15, 0.2) is 0 Å². The number of carbonyl (C=O) groups is 1. The Balaban J connectivity index is -0.0000000575. The van der Waals surface area contributed by atoms with Crippen molar-refractivity contribution in [2.75, 3.05) is 0 Å². The molecule has 8 heavy (non-hydrogen) atoms. The minimum atomic E-state index is -1.83. The molecule has 0 fully saturated rings. The van der Waals surface area contributed by atoms with Gasteiger partial charge in [0.1, 0.15) is 0 Å². The van der Waals surface area contributed by atoms with E-state index in [0.29, 0.717) is 0 Å². The third kappa shape index (κ3) is 1650. The van der Waals surface area contributed by atoms with Crippen molar-refractivity contribution in [3.63, 3.8) is 0 Å². The van der Waals surface area contributed by atoms with Gasteiger partial charge in [0.2, 0.25) is 0 Å². The van der Waals surface area contributed by atoms with E-state index in [1.165, 1.54) is 0 Å². The first-order valence-corrected chi connectivity index (χ1v) is 1.75. The molecular weight excluding hydrogens is 146 g/mol. The van der Waals surface area contributed by atoms with Crippen molar-refractivity contribution < 1.29 is 54.0 Å². The molecule has 0 amide bonds. The number of hydrogen-bond acceptors (Lipinski definition) is 3. The summed E-state index contributed by atoms with van der Waals surface area (Å²) in [6.07, 6.45) is -1.83. The summed E-state index contributed by atoms with van der Waals surface area (Å²) in [5, 5.41) is 13.9. The number of carboxylic acid groups (broad SMARTS) is 2. The van der Waals surface area contributed by atoms with E-state index in [4.69, 9.17) is 24.5 Å². The molecule has 0 atom stereocenters. The molecule has 0 saturated carbocycles. The van der Waals surface area contributed by atoms with E-state index in [2.05, 4.69) is 0 Å². The van der Waals surface area contributed by atoms with Gasteiger partial charge >= 0.3 is 35.7 Å². The maximum Gasteiger partial charge on any atom is 1.00 e. The van der Waals surface area contributed by atoms with E-state index >= 15 is 0 Å². The van der Waals surface area contributed by atoms with Gasteiger partial charge in [-0.1, -0.05) is 0 Å². The molecule has 0 radical (unpaired) electrons. The Morgan fingerprint density at radius 3 is 1.50 bits per heavy atom. The van der Waals surface area contributed by atoms with E-state index in [1.54, 1.807) is 0 Å². The molecule has 0 aliphatic heterocycles. The predicted molar refractivity (Wildman–Crippen MR) is 18.3 cm³/mol. The Bertz CT molecular complexity index is 59.4. The average Bonchev–Trinajstić information content (AvgIpc) is 1.33. The van der Waals surface area contributed by atoms with Gasteiger partial charge in [-0.2, -0.15) is 0 Å². The monoisotopic (exact) mass is 148 g/mol. The van der Waals surface area contributed by atoms with Gasteiger partial charge in [-0.25, -0.2) is 4.79 Å². The van der Waals surface area contributed by atoms with Gasteiger partial charge in [-0.05, 0) is 0 Å². The second-order valence-electron chi connectivity index (χ2n) is 0.357. The summed E-state index contributed by atoms with van der Waals surface area (Å²) in [6.45, 7) is 0. The van der Waals surface area contributed by atoms with Crippen LogP contribution in [0.5, 0.6) is 0 Å². The van der Waals surface area contributed by atoms with Crippen LogP contribution < -0.4 is 34.5 Å². The van der Waals surface area contributed by atoms with Crippen LogP contribution in [0.3, 0.4) is 0 Å². The Labute approximate surface area is 68.9 Å². The van der Waals surface area contributed by atoms with E-state index in [1.807, 2.05) is 0 Å². The average molecular weight is 148 g/mol. The molecule has 0 spiro atoms. The van der Waals surface area contributed by atoms with E-state index in [-0.39, 0.29) is 29.6 Å². The molecular formula is CH2NaO5P. The third-order valence-corrected chi connectivity index (χ3v) is 0. The molecule has 0 aliphatic rings. The fourth-order valence-corrected chi connectivity index (χ4v) is 0. The van der Waals surface area contributed by atoms with Crippen molar-refractivity contribution in [2.45, 2.75) is 0 Å². The van der Waals surface area contributed by atoms with Crippen LogP contribution in [0.4, 0.5) is 4.79 Å². The molecule has 7 heteroatoms. The first-order chi connectivity index (χ1) is 3.15. The molecule has 0 aromatic rings. The molecule has 0 unspecified atom stereocenters. The fraction of sp³-hybridized carbons (Fsp3) is 0. The second-order valence-corrected chi connectivity index (χ2v) is 0.506. The Morgan fingerprint density at radius 2 is 1.50 bits per heavy atom. The summed E-state index contributed by atoms with van der Waals surface area (Å²) in [5.41, 5.74) is 0. The van der Waals surface area contributed by atoms with Gasteiger partial charge < -0.3 is 15.1 Å². The quantitative estimate of drug-likeness (QED) is 0.278. The van der Waals surface area contributed by atoms with Crippen molar-refractivity contribution in [3.8, 4) is 0 Å². The molecule has 5 nitrogen and oxygen atoms in total. The zero-order valence-electron chi connectivity index (χ0n) is 4.07. The standard InChI is InChI=1S/CH2O3.Na.HO2P/c2-1(3)4;;1-3-2/h(H2,2,3,4);;(H,1,2)/q;+1;/p-1. The molecule has 0 aromatic heterocycles. The fourth-order valence-electron chi connectivity index (χ4n) is 0. The minimum Gasteiger partial charge on any atom is -0.772 e. The molecule has 0 bridgehead atoms. The van der Waals surface area contributed by atoms with Crippen molar-refractivity contribution >= 4 is 14.8 Å². The Morgan fingerprint density at radius 1 is 1.50 bits per heavy atom. The Hall–Kier alpha value is 0.330. The molecule has 0 heterocycles. The molecule has 0 aliphatic carbocycles. The van der Waals surface area contributed by atoms with Gasteiger partial charge in [0.25, 0.3) is 0 Å². The predicted octanol–water partition coefficient (Wildman–Crippen LogP) is -3.22. The summed E-state index contributed by atoms with van der Waals surface area (Å²) in [4.78, 5) is 16.9. The summed E-state index contributed by atoms with van der Waals surface area (Å²) in [7, 11) is -1.08. The van der Waals surface area contributed by atoms with E-state index in [0.717, 1.165) is 0 Å². The van der Waals surface area contributed by atoms with Crippen LogP contribution in [0, 0.1) is 0 Å². The van der Waals surface area contributed by atoms with E-state index < -0.39 is 14.8 Å². The van der Waals surface area contributed by atoms with Gasteiger partial charge in [-0.3, -0.25) is 4.57 Å². The maximum absolute atomic E-state index is 8.56. The van der Waals surface area contributed by atoms with Crippen LogP contribution in [0.2, 0.25) is 0 Å². The summed E-state index contributed by atoms with van der Waals surface area (Å²) >= 11 is 0. The summed E-state index contributed by atoms with van der Waals surface area (Å²) < 4.78 is 8.35. The normalized spacial score (nSPS) is 5.62. The minimum absolute atomic E-state index is 0. The zero-order chi connectivity index (χ0) is 6.28. The topological polar surface area (TPSA) is 97.7 Å². The zero-order valence-corrected chi connectivity index (χ0v) is 6.96. The first-order valence-electron chi connectivity index (χ1n) is 1.02. The van der Waals surface area contributed by atoms with Crippen LogP contribution in [0.15, 0.2) is 0 Å². The van der Waals surface area contributed by atoms with Crippen LogP contribution in [-0.2, 0) is 4.57 Å². The summed E-state index contributed by atoms with van der Waals surface area (Å²) in [5.74, 6) is 0. The molecule has 2 N–H and O–H groups in total. The van der Waals surface area contributed by atoms with Crippen molar-refractivity contribution in [3.05, 3.63) is 0 Å². The first kappa shape index (κ1) is 15.8. The largest absolute Gasteiger partial charge is 1.00 e. The van der Waals surface area contributed by atoms with Crippen LogP contribution in [-0.4, -0.2) is 16.4 Å². The Kier molecular flexibility index (Phi) is 30.8. The molecule has 42 valence electrons.